The lowest BCUT2D eigenvalue weighted by Gasteiger charge is -2.35. The monoisotopic (exact) mass is 413 g/mol. The molecule has 1 aliphatic carbocycles. The second-order valence-corrected chi connectivity index (χ2v) is 8.78. The zero-order valence-corrected chi connectivity index (χ0v) is 18.1. The first-order valence-corrected chi connectivity index (χ1v) is 11.1. The van der Waals surface area contributed by atoms with Gasteiger partial charge in [0.2, 0.25) is 0 Å². The molecule has 1 saturated heterocycles. The third-order valence-electron chi connectivity index (χ3n) is 6.95. The summed E-state index contributed by atoms with van der Waals surface area (Å²) in [6.07, 6.45) is 4.44. The van der Waals surface area contributed by atoms with Gasteiger partial charge in [-0.25, -0.2) is 0 Å². The van der Waals surface area contributed by atoms with Crippen molar-refractivity contribution in [3.05, 3.63) is 69.5 Å². The SMILES string of the molecule is COc1ccc(C2CCN(c3c(C#N)c(=O)n(C)c4cc(C5CC5)ccc34)CC2)cc1. The van der Waals surface area contributed by atoms with Crippen molar-refractivity contribution in [3.63, 3.8) is 0 Å². The Labute approximate surface area is 182 Å². The van der Waals surface area contributed by atoms with Crippen molar-refractivity contribution in [2.45, 2.75) is 37.5 Å². The van der Waals surface area contributed by atoms with Crippen LogP contribution in [-0.2, 0) is 7.05 Å². The molecule has 0 spiro atoms. The van der Waals surface area contributed by atoms with Crippen molar-refractivity contribution in [2.24, 2.45) is 7.05 Å². The van der Waals surface area contributed by atoms with Gasteiger partial charge in [0.1, 0.15) is 17.4 Å². The van der Waals surface area contributed by atoms with Crippen LogP contribution in [0.4, 0.5) is 5.69 Å². The number of pyridine rings is 1. The van der Waals surface area contributed by atoms with Gasteiger partial charge in [-0.2, -0.15) is 5.26 Å². The number of aryl methyl sites for hydroxylation is 1. The summed E-state index contributed by atoms with van der Waals surface area (Å²) in [7, 11) is 3.46. The molecule has 31 heavy (non-hydrogen) atoms. The molecule has 0 N–H and O–H groups in total. The predicted octanol–water partition coefficient (Wildman–Crippen LogP) is 4.68. The Balaban J connectivity index is 1.49. The molecule has 0 amide bonds. The topological polar surface area (TPSA) is 58.3 Å². The summed E-state index contributed by atoms with van der Waals surface area (Å²) in [5, 5.41) is 10.8. The number of ether oxygens (including phenoxy) is 1. The van der Waals surface area contributed by atoms with Crippen LogP contribution < -0.4 is 15.2 Å². The summed E-state index contributed by atoms with van der Waals surface area (Å²) in [5.74, 6) is 1.97. The number of piperidine rings is 1. The van der Waals surface area contributed by atoms with Gasteiger partial charge in [-0.05, 0) is 66.8 Å². The Morgan fingerprint density at radius 3 is 2.23 bits per heavy atom. The van der Waals surface area contributed by atoms with Gasteiger partial charge in [0, 0.05) is 25.5 Å². The molecular formula is C26H27N3O2. The van der Waals surface area contributed by atoms with Gasteiger partial charge >= 0.3 is 0 Å². The third-order valence-corrected chi connectivity index (χ3v) is 6.95. The van der Waals surface area contributed by atoms with E-state index in [9.17, 15) is 10.1 Å². The lowest BCUT2D eigenvalue weighted by Crippen LogP contribution is -2.35. The average molecular weight is 414 g/mol. The van der Waals surface area contributed by atoms with Crippen LogP contribution in [0.3, 0.4) is 0 Å². The van der Waals surface area contributed by atoms with Crippen molar-refractivity contribution < 1.29 is 4.74 Å². The maximum Gasteiger partial charge on any atom is 0.270 e. The maximum absolute atomic E-state index is 13.0. The number of fused-ring (bicyclic) bond motifs is 1. The highest BCUT2D eigenvalue weighted by Gasteiger charge is 2.28. The quantitative estimate of drug-likeness (QED) is 0.623. The highest BCUT2D eigenvalue weighted by atomic mass is 16.5. The number of anilines is 1. The second-order valence-electron chi connectivity index (χ2n) is 8.78. The van der Waals surface area contributed by atoms with E-state index < -0.39 is 0 Å². The summed E-state index contributed by atoms with van der Waals surface area (Å²) < 4.78 is 6.92. The molecule has 1 saturated carbocycles. The Hall–Kier alpha value is -3.26. The molecule has 5 rings (SSSR count). The normalized spacial score (nSPS) is 17.0. The van der Waals surface area contributed by atoms with E-state index in [2.05, 4.69) is 41.3 Å². The first-order valence-electron chi connectivity index (χ1n) is 11.1. The summed E-state index contributed by atoms with van der Waals surface area (Å²) in [6, 6.07) is 17.0. The Kier molecular flexibility index (Phi) is 4.94. The number of benzene rings is 2. The van der Waals surface area contributed by atoms with E-state index in [0.717, 1.165) is 48.3 Å². The van der Waals surface area contributed by atoms with E-state index in [1.165, 1.54) is 24.0 Å². The van der Waals surface area contributed by atoms with Gasteiger partial charge in [0.25, 0.3) is 5.56 Å². The van der Waals surface area contributed by atoms with Gasteiger partial charge in [-0.1, -0.05) is 24.3 Å². The van der Waals surface area contributed by atoms with Crippen molar-refractivity contribution in [3.8, 4) is 11.8 Å². The lowest BCUT2D eigenvalue weighted by molar-refractivity contribution is 0.414. The fourth-order valence-corrected chi connectivity index (χ4v) is 4.95. The van der Waals surface area contributed by atoms with Crippen molar-refractivity contribution in [2.75, 3.05) is 25.1 Å². The number of hydrogen-bond donors (Lipinski definition) is 0. The van der Waals surface area contributed by atoms with Crippen LogP contribution in [0.5, 0.6) is 5.75 Å². The molecule has 0 radical (unpaired) electrons. The highest BCUT2D eigenvalue weighted by Crippen LogP contribution is 2.42. The fraction of sp³-hybridized carbons (Fsp3) is 0.385. The minimum absolute atomic E-state index is 0.199. The molecular weight excluding hydrogens is 386 g/mol. The number of aromatic nitrogens is 1. The number of nitrogens with zero attached hydrogens (tertiary/aromatic N) is 3. The Bertz CT molecular complexity index is 1220. The van der Waals surface area contributed by atoms with Gasteiger partial charge in [-0.15, -0.1) is 0 Å². The zero-order chi connectivity index (χ0) is 21.5. The van der Waals surface area contributed by atoms with Gasteiger partial charge in [-0.3, -0.25) is 4.79 Å². The van der Waals surface area contributed by atoms with Crippen LogP contribution in [0.2, 0.25) is 0 Å². The minimum Gasteiger partial charge on any atom is -0.497 e. The van der Waals surface area contributed by atoms with Gasteiger partial charge in [0.15, 0.2) is 0 Å². The van der Waals surface area contributed by atoms with Crippen molar-refractivity contribution in [1.82, 2.24) is 4.57 Å². The average Bonchev–Trinajstić information content (AvgIpc) is 3.67. The molecule has 5 nitrogen and oxygen atoms in total. The van der Waals surface area contributed by atoms with Crippen LogP contribution in [-0.4, -0.2) is 24.8 Å². The smallest absolute Gasteiger partial charge is 0.270 e. The minimum atomic E-state index is -0.199. The molecule has 5 heteroatoms. The standard InChI is InChI=1S/C26H27N3O2/c1-28-24-15-20(18-3-4-18)7-10-22(24)25(23(16-27)26(28)30)29-13-11-19(12-14-29)17-5-8-21(31-2)9-6-17/h5-10,15,18-19H,3-4,11-14H2,1-2H3. The molecule has 0 unspecified atom stereocenters. The third kappa shape index (κ3) is 3.46. The second kappa shape index (κ2) is 7.77. The van der Waals surface area contributed by atoms with E-state index in [1.54, 1.807) is 18.7 Å². The largest absolute Gasteiger partial charge is 0.497 e. The lowest BCUT2D eigenvalue weighted by atomic mass is 9.89. The van der Waals surface area contributed by atoms with Crippen LogP contribution >= 0.6 is 0 Å². The summed E-state index contributed by atoms with van der Waals surface area (Å²) >= 11 is 0. The predicted molar refractivity (Wildman–Crippen MR) is 123 cm³/mol. The van der Waals surface area contributed by atoms with E-state index >= 15 is 0 Å². The fourth-order valence-electron chi connectivity index (χ4n) is 4.95. The molecule has 2 fully saturated rings. The number of methoxy groups -OCH3 is 1. The molecule has 1 aliphatic heterocycles. The van der Waals surface area contributed by atoms with Gasteiger partial charge in [0.05, 0.1) is 18.3 Å². The molecule has 0 atom stereocenters. The number of nitriles is 1. The maximum atomic E-state index is 13.0. The van der Waals surface area contributed by atoms with Crippen LogP contribution in [0.1, 0.15) is 54.2 Å². The molecule has 3 aromatic rings. The van der Waals surface area contributed by atoms with Crippen molar-refractivity contribution in [1.29, 1.82) is 5.26 Å². The van der Waals surface area contributed by atoms with Gasteiger partial charge < -0.3 is 14.2 Å². The summed E-state index contributed by atoms with van der Waals surface area (Å²) in [5.41, 5.74) is 4.43. The summed E-state index contributed by atoms with van der Waals surface area (Å²) in [4.78, 5) is 15.3. The molecule has 2 heterocycles. The van der Waals surface area contributed by atoms with E-state index in [4.69, 9.17) is 4.74 Å². The van der Waals surface area contributed by atoms with E-state index in [1.807, 2.05) is 12.1 Å². The van der Waals surface area contributed by atoms with E-state index in [0.29, 0.717) is 11.8 Å². The molecule has 1 aromatic heterocycles. The highest BCUT2D eigenvalue weighted by molar-refractivity contribution is 5.95. The van der Waals surface area contributed by atoms with E-state index in [-0.39, 0.29) is 11.1 Å². The molecule has 2 aliphatic rings. The van der Waals surface area contributed by atoms with Crippen molar-refractivity contribution >= 4 is 16.6 Å². The molecule has 0 bridgehead atoms. The first kappa shape index (κ1) is 19.7. The Morgan fingerprint density at radius 1 is 0.968 bits per heavy atom. The number of hydrogen-bond acceptors (Lipinski definition) is 4. The molecule has 158 valence electrons. The number of rotatable bonds is 4. The molecule has 2 aromatic carbocycles. The van der Waals surface area contributed by atoms with Crippen LogP contribution in [0.25, 0.3) is 10.9 Å². The zero-order valence-electron chi connectivity index (χ0n) is 18.1. The first-order chi connectivity index (χ1) is 15.1. The van der Waals surface area contributed by atoms with Crippen LogP contribution in [0.15, 0.2) is 47.3 Å². The Morgan fingerprint density at radius 2 is 1.61 bits per heavy atom. The summed E-state index contributed by atoms with van der Waals surface area (Å²) in [6.45, 7) is 1.66. The van der Waals surface area contributed by atoms with Crippen LogP contribution in [0, 0.1) is 11.3 Å².